The van der Waals surface area contributed by atoms with Crippen LogP contribution in [0, 0.1) is 6.92 Å². The molecule has 4 rings (SSSR count). The van der Waals surface area contributed by atoms with Gasteiger partial charge in [0.05, 0.1) is 17.1 Å². The summed E-state index contributed by atoms with van der Waals surface area (Å²) in [6.07, 6.45) is 1.61. The highest BCUT2D eigenvalue weighted by molar-refractivity contribution is 7.00. The van der Waals surface area contributed by atoms with Crippen molar-refractivity contribution in [2.45, 2.75) is 26.9 Å². The van der Waals surface area contributed by atoms with Crippen molar-refractivity contribution in [3.8, 4) is 0 Å². The molecule has 0 radical (unpaired) electrons. The molecule has 0 aliphatic rings. The fourth-order valence-corrected chi connectivity index (χ4v) is 3.75. The minimum absolute atomic E-state index is 0.152. The molecule has 0 unspecified atom stereocenters. The number of hydrogen-bond donors (Lipinski definition) is 0. The highest BCUT2D eigenvalue weighted by Gasteiger charge is 2.19. The van der Waals surface area contributed by atoms with E-state index in [4.69, 9.17) is 0 Å². The van der Waals surface area contributed by atoms with Crippen LogP contribution in [0.15, 0.2) is 41.3 Å². The standard InChI is InChI=1S/C20H19N5O2S/c1-4-25-11-15(18(26)14-7-5-12(2)21-19(14)25)20(27)24(3)10-13-6-8-16-17(9-13)23-28-22-16/h5-9,11H,4,10H2,1-3H3. The number of hydrogen-bond acceptors (Lipinski definition) is 6. The van der Waals surface area contributed by atoms with Crippen LogP contribution in [0.5, 0.6) is 0 Å². The zero-order valence-electron chi connectivity index (χ0n) is 15.8. The highest BCUT2D eigenvalue weighted by Crippen LogP contribution is 2.16. The molecule has 0 bridgehead atoms. The maximum absolute atomic E-state index is 13.0. The number of rotatable bonds is 4. The lowest BCUT2D eigenvalue weighted by molar-refractivity contribution is 0.0783. The van der Waals surface area contributed by atoms with E-state index in [-0.39, 0.29) is 16.9 Å². The summed E-state index contributed by atoms with van der Waals surface area (Å²) < 4.78 is 10.3. The lowest BCUT2D eigenvalue weighted by Gasteiger charge is -2.18. The van der Waals surface area contributed by atoms with Gasteiger partial charge < -0.3 is 9.47 Å². The van der Waals surface area contributed by atoms with Gasteiger partial charge in [-0.2, -0.15) is 8.75 Å². The molecular weight excluding hydrogens is 374 g/mol. The van der Waals surface area contributed by atoms with E-state index in [1.54, 1.807) is 30.3 Å². The summed E-state index contributed by atoms with van der Waals surface area (Å²) in [5.41, 5.74) is 3.88. The summed E-state index contributed by atoms with van der Waals surface area (Å²) >= 11 is 1.16. The summed E-state index contributed by atoms with van der Waals surface area (Å²) in [5.74, 6) is -0.314. The van der Waals surface area contributed by atoms with Crippen LogP contribution in [0.25, 0.3) is 22.1 Å². The van der Waals surface area contributed by atoms with Gasteiger partial charge in [-0.1, -0.05) is 6.07 Å². The topological polar surface area (TPSA) is 81.0 Å². The van der Waals surface area contributed by atoms with E-state index >= 15 is 0 Å². The Morgan fingerprint density at radius 1 is 1.18 bits per heavy atom. The molecule has 4 aromatic rings. The van der Waals surface area contributed by atoms with Gasteiger partial charge in [0.15, 0.2) is 0 Å². The Kier molecular flexibility index (Phi) is 4.64. The minimum atomic E-state index is -0.314. The van der Waals surface area contributed by atoms with Crippen molar-refractivity contribution in [1.29, 1.82) is 0 Å². The normalized spacial score (nSPS) is 11.2. The average Bonchev–Trinajstić information content (AvgIpc) is 3.15. The van der Waals surface area contributed by atoms with Crippen LogP contribution in [0.4, 0.5) is 0 Å². The molecule has 3 heterocycles. The van der Waals surface area contributed by atoms with Gasteiger partial charge in [-0.3, -0.25) is 9.59 Å². The summed E-state index contributed by atoms with van der Waals surface area (Å²) in [6.45, 7) is 4.83. The van der Waals surface area contributed by atoms with Crippen molar-refractivity contribution in [3.05, 3.63) is 63.6 Å². The van der Waals surface area contributed by atoms with Crippen LogP contribution in [0.1, 0.15) is 28.5 Å². The first-order chi connectivity index (χ1) is 13.5. The molecule has 0 N–H and O–H groups in total. The van der Waals surface area contributed by atoms with Crippen LogP contribution >= 0.6 is 11.7 Å². The van der Waals surface area contributed by atoms with E-state index in [9.17, 15) is 9.59 Å². The van der Waals surface area contributed by atoms with E-state index < -0.39 is 0 Å². The Hall–Kier alpha value is -3.13. The third-order valence-electron chi connectivity index (χ3n) is 4.72. The number of aromatic nitrogens is 4. The van der Waals surface area contributed by atoms with E-state index in [0.717, 1.165) is 34.0 Å². The molecule has 3 aromatic heterocycles. The molecular formula is C20H19N5O2S. The van der Waals surface area contributed by atoms with Crippen molar-refractivity contribution < 1.29 is 4.79 Å². The van der Waals surface area contributed by atoms with Crippen molar-refractivity contribution in [2.24, 2.45) is 0 Å². The smallest absolute Gasteiger partial charge is 0.259 e. The first kappa shape index (κ1) is 18.2. The van der Waals surface area contributed by atoms with Crippen molar-refractivity contribution in [2.75, 3.05) is 7.05 Å². The van der Waals surface area contributed by atoms with Gasteiger partial charge in [0.2, 0.25) is 5.43 Å². The first-order valence-electron chi connectivity index (χ1n) is 8.95. The predicted molar refractivity (Wildman–Crippen MR) is 110 cm³/mol. The molecule has 8 heteroatoms. The molecule has 0 atom stereocenters. The van der Waals surface area contributed by atoms with Gasteiger partial charge >= 0.3 is 0 Å². The molecule has 0 saturated carbocycles. The lowest BCUT2D eigenvalue weighted by atomic mass is 10.1. The monoisotopic (exact) mass is 393 g/mol. The predicted octanol–water partition coefficient (Wildman–Crippen LogP) is 3.00. The van der Waals surface area contributed by atoms with Crippen LogP contribution in [0.3, 0.4) is 0 Å². The van der Waals surface area contributed by atoms with Crippen LogP contribution in [-0.2, 0) is 13.1 Å². The lowest BCUT2D eigenvalue weighted by Crippen LogP contribution is -2.31. The third kappa shape index (κ3) is 3.16. The number of nitrogens with zero attached hydrogens (tertiary/aromatic N) is 5. The first-order valence-corrected chi connectivity index (χ1v) is 9.68. The molecule has 1 amide bonds. The van der Waals surface area contributed by atoms with E-state index in [2.05, 4.69) is 13.7 Å². The molecule has 7 nitrogen and oxygen atoms in total. The van der Waals surface area contributed by atoms with Crippen molar-refractivity contribution in [3.63, 3.8) is 0 Å². The average molecular weight is 393 g/mol. The number of carbonyl (C=O) groups is 1. The number of pyridine rings is 2. The highest BCUT2D eigenvalue weighted by atomic mass is 32.1. The van der Waals surface area contributed by atoms with Gasteiger partial charge in [-0.05, 0) is 43.7 Å². The Balaban J connectivity index is 1.70. The molecule has 1 aromatic carbocycles. The molecule has 142 valence electrons. The number of benzene rings is 1. The summed E-state index contributed by atoms with van der Waals surface area (Å²) in [4.78, 5) is 32.0. The largest absolute Gasteiger partial charge is 0.337 e. The van der Waals surface area contributed by atoms with Gasteiger partial charge in [0, 0.05) is 32.0 Å². The van der Waals surface area contributed by atoms with Gasteiger partial charge in [0.1, 0.15) is 22.2 Å². The molecule has 0 aliphatic heterocycles. The van der Waals surface area contributed by atoms with Gasteiger partial charge in [-0.15, -0.1) is 0 Å². The third-order valence-corrected chi connectivity index (χ3v) is 5.27. The van der Waals surface area contributed by atoms with Crippen molar-refractivity contribution >= 4 is 39.7 Å². The summed E-state index contributed by atoms with van der Waals surface area (Å²) in [5, 5.41) is 0.460. The maximum Gasteiger partial charge on any atom is 0.259 e. The molecule has 28 heavy (non-hydrogen) atoms. The minimum Gasteiger partial charge on any atom is -0.337 e. The Morgan fingerprint density at radius 2 is 1.96 bits per heavy atom. The fraction of sp³-hybridized carbons (Fsp3) is 0.250. The van der Waals surface area contributed by atoms with Crippen LogP contribution in [0.2, 0.25) is 0 Å². The second kappa shape index (κ2) is 7.12. The molecule has 0 fully saturated rings. The van der Waals surface area contributed by atoms with Crippen molar-refractivity contribution in [1.82, 2.24) is 23.2 Å². The number of amides is 1. The summed E-state index contributed by atoms with van der Waals surface area (Å²) in [6, 6.07) is 9.26. The summed E-state index contributed by atoms with van der Waals surface area (Å²) in [7, 11) is 1.69. The number of carbonyl (C=O) groups excluding carboxylic acids is 1. The number of aryl methyl sites for hydroxylation is 2. The SMILES string of the molecule is CCn1cc(C(=O)N(C)Cc2ccc3nsnc3c2)c(=O)c2ccc(C)nc21. The zero-order valence-corrected chi connectivity index (χ0v) is 16.7. The van der Waals surface area contributed by atoms with E-state index in [1.807, 2.05) is 36.6 Å². The second-order valence-corrected chi connectivity index (χ2v) is 7.26. The van der Waals surface area contributed by atoms with E-state index in [1.165, 1.54) is 0 Å². The van der Waals surface area contributed by atoms with E-state index in [0.29, 0.717) is 24.1 Å². The molecule has 0 aliphatic carbocycles. The number of fused-ring (bicyclic) bond motifs is 2. The van der Waals surface area contributed by atoms with Gasteiger partial charge in [-0.25, -0.2) is 4.98 Å². The Bertz CT molecular complexity index is 1260. The van der Waals surface area contributed by atoms with Gasteiger partial charge in [0.25, 0.3) is 5.91 Å². The Morgan fingerprint density at radius 3 is 2.75 bits per heavy atom. The zero-order chi connectivity index (χ0) is 19.8. The molecule has 0 saturated heterocycles. The fourth-order valence-electron chi connectivity index (χ4n) is 3.23. The van der Waals surface area contributed by atoms with Crippen LogP contribution < -0.4 is 5.43 Å². The second-order valence-electron chi connectivity index (χ2n) is 6.73. The maximum atomic E-state index is 13.0. The quantitative estimate of drug-likeness (QED) is 0.532. The molecule has 0 spiro atoms. The Labute approximate surface area is 165 Å². The van der Waals surface area contributed by atoms with Crippen LogP contribution in [-0.4, -0.2) is 36.2 Å².